The largest absolute Gasteiger partial charge is 0.377 e. The molecule has 0 aliphatic carbocycles. The molecule has 2 fully saturated rings. The second-order valence-electron chi connectivity index (χ2n) is 8.11. The Morgan fingerprint density at radius 2 is 1.85 bits per heavy atom. The number of carbonyl (C=O) groups excluding carboxylic acids is 1. The lowest BCUT2D eigenvalue weighted by molar-refractivity contribution is -0.0455. The van der Waals surface area contributed by atoms with Gasteiger partial charge in [-0.25, -0.2) is 4.98 Å². The van der Waals surface area contributed by atoms with Crippen molar-refractivity contribution in [3.63, 3.8) is 0 Å². The molecule has 0 N–H and O–H groups in total. The van der Waals surface area contributed by atoms with Gasteiger partial charge in [-0.1, -0.05) is 0 Å². The Balaban J connectivity index is 1.65. The summed E-state index contributed by atoms with van der Waals surface area (Å²) in [5.41, 5.74) is 0.647. The number of nitrogens with zero attached hydrogens (tertiary/aromatic N) is 5. The zero-order chi connectivity index (χ0) is 19.4. The lowest BCUT2D eigenvalue weighted by Gasteiger charge is -2.42. The van der Waals surface area contributed by atoms with E-state index in [9.17, 15) is 4.79 Å². The first-order valence-corrected chi connectivity index (χ1v) is 9.81. The van der Waals surface area contributed by atoms with Crippen molar-refractivity contribution in [2.75, 3.05) is 79.0 Å². The number of amides is 1. The lowest BCUT2D eigenvalue weighted by Crippen LogP contribution is -2.51. The Bertz CT molecular complexity index is 635. The minimum Gasteiger partial charge on any atom is -0.377 e. The van der Waals surface area contributed by atoms with Crippen LogP contribution >= 0.6 is 0 Å². The van der Waals surface area contributed by atoms with Gasteiger partial charge in [-0.3, -0.25) is 4.79 Å². The van der Waals surface area contributed by atoms with Crippen molar-refractivity contribution in [2.45, 2.75) is 18.4 Å². The van der Waals surface area contributed by atoms with E-state index in [0.717, 1.165) is 70.0 Å². The zero-order valence-electron chi connectivity index (χ0n) is 17.1. The van der Waals surface area contributed by atoms with Gasteiger partial charge in [0, 0.05) is 64.7 Å². The number of hydrogen-bond acceptors (Lipinski definition) is 6. The van der Waals surface area contributed by atoms with Crippen LogP contribution in [0.5, 0.6) is 0 Å². The average molecular weight is 376 g/mol. The van der Waals surface area contributed by atoms with Gasteiger partial charge >= 0.3 is 0 Å². The number of methoxy groups -OCH3 is 1. The molecule has 0 bridgehead atoms. The summed E-state index contributed by atoms with van der Waals surface area (Å²) in [5.74, 6) is 1.01. The molecule has 0 radical (unpaired) electrons. The molecular weight excluding hydrogens is 342 g/mol. The van der Waals surface area contributed by atoms with Crippen molar-refractivity contribution >= 4 is 11.7 Å². The molecule has 0 saturated carbocycles. The SMILES string of the molecule is COC1(CN(C)C)CCN(c2cc(C(=O)N3CCN(C)CC3)ccn2)CC1. The van der Waals surface area contributed by atoms with Crippen molar-refractivity contribution < 1.29 is 9.53 Å². The smallest absolute Gasteiger partial charge is 0.254 e. The monoisotopic (exact) mass is 375 g/mol. The number of likely N-dealkylation sites (N-methyl/N-ethyl adjacent to an activating group) is 2. The maximum absolute atomic E-state index is 12.8. The topological polar surface area (TPSA) is 52.2 Å². The van der Waals surface area contributed by atoms with E-state index < -0.39 is 0 Å². The quantitative estimate of drug-likeness (QED) is 0.766. The molecule has 150 valence electrons. The number of piperazine rings is 1. The molecule has 7 nitrogen and oxygen atoms in total. The molecule has 0 atom stereocenters. The average Bonchev–Trinajstić information content (AvgIpc) is 2.68. The van der Waals surface area contributed by atoms with E-state index in [-0.39, 0.29) is 11.5 Å². The Kier molecular flexibility index (Phi) is 6.34. The van der Waals surface area contributed by atoms with Gasteiger partial charge in [0.05, 0.1) is 5.60 Å². The number of aromatic nitrogens is 1. The van der Waals surface area contributed by atoms with Gasteiger partial charge in [0.15, 0.2) is 0 Å². The molecular formula is C20H33N5O2. The zero-order valence-corrected chi connectivity index (χ0v) is 17.1. The predicted octanol–water partition coefficient (Wildman–Crippen LogP) is 1.02. The van der Waals surface area contributed by atoms with E-state index in [2.05, 4.69) is 40.8 Å². The van der Waals surface area contributed by atoms with Crippen LogP contribution in [-0.2, 0) is 4.74 Å². The number of anilines is 1. The van der Waals surface area contributed by atoms with Crippen molar-refractivity contribution in [1.82, 2.24) is 19.7 Å². The van der Waals surface area contributed by atoms with Crippen molar-refractivity contribution in [1.29, 1.82) is 0 Å². The van der Waals surface area contributed by atoms with E-state index in [4.69, 9.17) is 4.74 Å². The molecule has 2 saturated heterocycles. The van der Waals surface area contributed by atoms with E-state index in [0.29, 0.717) is 0 Å². The molecule has 0 aromatic carbocycles. The van der Waals surface area contributed by atoms with Gasteiger partial charge in [-0.15, -0.1) is 0 Å². The standard InChI is InChI=1S/C20H33N5O2/c1-22(2)16-20(27-4)6-9-24(10-7-20)18-15-17(5-8-21-18)19(26)25-13-11-23(3)12-14-25/h5,8,15H,6-7,9-14,16H2,1-4H3. The molecule has 1 amide bonds. The predicted molar refractivity (Wildman–Crippen MR) is 107 cm³/mol. The summed E-state index contributed by atoms with van der Waals surface area (Å²) in [5, 5.41) is 0. The second kappa shape index (κ2) is 8.54. The molecule has 2 aliphatic rings. The molecule has 3 rings (SSSR count). The van der Waals surface area contributed by atoms with Gasteiger partial charge in [0.25, 0.3) is 5.91 Å². The number of hydrogen-bond donors (Lipinski definition) is 0. The molecule has 1 aromatic rings. The van der Waals surface area contributed by atoms with Gasteiger partial charge in [-0.2, -0.15) is 0 Å². The number of piperidine rings is 1. The second-order valence-corrected chi connectivity index (χ2v) is 8.11. The van der Waals surface area contributed by atoms with Crippen LogP contribution in [0.4, 0.5) is 5.82 Å². The third-order valence-corrected chi connectivity index (χ3v) is 5.82. The Labute approximate surface area is 162 Å². The molecule has 3 heterocycles. The Morgan fingerprint density at radius 3 is 2.44 bits per heavy atom. The summed E-state index contributed by atoms with van der Waals surface area (Å²) in [6.07, 6.45) is 3.68. The number of pyridine rings is 1. The summed E-state index contributed by atoms with van der Waals surface area (Å²) >= 11 is 0. The first kappa shape index (κ1) is 20.0. The maximum atomic E-state index is 12.8. The maximum Gasteiger partial charge on any atom is 0.254 e. The fourth-order valence-corrected chi connectivity index (χ4v) is 4.06. The summed E-state index contributed by atoms with van der Waals surface area (Å²) < 4.78 is 5.87. The Hall–Kier alpha value is -1.70. The molecule has 1 aromatic heterocycles. The van der Waals surface area contributed by atoms with Crippen LogP contribution in [0.2, 0.25) is 0 Å². The van der Waals surface area contributed by atoms with E-state index >= 15 is 0 Å². The van der Waals surface area contributed by atoms with E-state index in [1.54, 1.807) is 6.20 Å². The van der Waals surface area contributed by atoms with Crippen molar-refractivity contribution in [3.8, 4) is 0 Å². The van der Waals surface area contributed by atoms with Crippen molar-refractivity contribution in [3.05, 3.63) is 23.9 Å². The molecule has 27 heavy (non-hydrogen) atoms. The number of carbonyl (C=O) groups is 1. The van der Waals surface area contributed by atoms with E-state index in [1.807, 2.05) is 24.1 Å². The van der Waals surface area contributed by atoms with Gasteiger partial charge in [0.1, 0.15) is 5.82 Å². The summed E-state index contributed by atoms with van der Waals surface area (Å²) in [7, 11) is 8.08. The van der Waals surface area contributed by atoms with Crippen molar-refractivity contribution in [2.24, 2.45) is 0 Å². The molecule has 2 aliphatic heterocycles. The molecule has 7 heteroatoms. The van der Waals surface area contributed by atoms with Crippen LogP contribution in [0.15, 0.2) is 18.3 Å². The fraction of sp³-hybridized carbons (Fsp3) is 0.700. The Morgan fingerprint density at radius 1 is 1.19 bits per heavy atom. The molecule has 0 unspecified atom stereocenters. The van der Waals surface area contributed by atoms with E-state index in [1.165, 1.54) is 0 Å². The highest BCUT2D eigenvalue weighted by Crippen LogP contribution is 2.29. The highest BCUT2D eigenvalue weighted by molar-refractivity contribution is 5.95. The number of rotatable bonds is 5. The van der Waals surface area contributed by atoms with Crippen LogP contribution in [0.1, 0.15) is 23.2 Å². The third-order valence-electron chi connectivity index (χ3n) is 5.82. The summed E-state index contributed by atoms with van der Waals surface area (Å²) in [6, 6.07) is 3.78. The van der Waals surface area contributed by atoms with Gasteiger partial charge in [0.2, 0.25) is 0 Å². The molecule has 0 spiro atoms. The van der Waals surface area contributed by atoms with Crippen LogP contribution < -0.4 is 4.90 Å². The first-order chi connectivity index (χ1) is 12.9. The highest BCUT2D eigenvalue weighted by atomic mass is 16.5. The minimum absolute atomic E-state index is 0.0900. The normalized spacial score (nSPS) is 20.9. The van der Waals surface area contributed by atoms with Crippen LogP contribution in [-0.4, -0.2) is 105 Å². The van der Waals surface area contributed by atoms with Gasteiger partial charge in [-0.05, 0) is 46.1 Å². The number of ether oxygens (including phenoxy) is 1. The highest BCUT2D eigenvalue weighted by Gasteiger charge is 2.35. The third kappa shape index (κ3) is 4.78. The van der Waals surface area contributed by atoms with Gasteiger partial charge < -0.3 is 24.3 Å². The summed E-state index contributed by atoms with van der Waals surface area (Å²) in [4.78, 5) is 26.0. The lowest BCUT2D eigenvalue weighted by atomic mass is 9.90. The van der Waals surface area contributed by atoms with Crippen LogP contribution in [0.3, 0.4) is 0 Å². The van der Waals surface area contributed by atoms with Crippen LogP contribution in [0, 0.1) is 0 Å². The summed E-state index contributed by atoms with van der Waals surface area (Å²) in [6.45, 7) is 6.14. The first-order valence-electron chi connectivity index (χ1n) is 9.81. The fourth-order valence-electron chi connectivity index (χ4n) is 4.06. The van der Waals surface area contributed by atoms with Crippen LogP contribution in [0.25, 0.3) is 0 Å². The minimum atomic E-state index is -0.0900.